The van der Waals surface area contributed by atoms with Crippen molar-refractivity contribution in [1.82, 2.24) is 9.55 Å². The van der Waals surface area contributed by atoms with E-state index in [1.165, 1.54) is 6.07 Å². The molecule has 1 heterocycles. The molecule has 2 aromatic rings. The molecule has 0 unspecified atom stereocenters. The van der Waals surface area contributed by atoms with E-state index >= 15 is 0 Å². The molecule has 21 heavy (non-hydrogen) atoms. The second kappa shape index (κ2) is 5.36. The maximum absolute atomic E-state index is 12.7. The number of halogens is 4. The fourth-order valence-electron chi connectivity index (χ4n) is 2.17. The number of nitrogens with one attached hydrogen (secondary N) is 1. The molecule has 3 nitrogen and oxygen atoms in total. The molecule has 0 amide bonds. The first-order valence-corrected chi connectivity index (χ1v) is 7.36. The zero-order chi connectivity index (χ0) is 15.0. The maximum Gasteiger partial charge on any atom is 0.416 e. The van der Waals surface area contributed by atoms with Crippen molar-refractivity contribution in [3.63, 3.8) is 0 Å². The topological polar surface area (TPSA) is 29.9 Å². The predicted octanol–water partition coefficient (Wildman–Crippen LogP) is 4.61. The van der Waals surface area contributed by atoms with Crippen LogP contribution in [0, 0.1) is 0 Å². The average Bonchev–Trinajstić information content (AvgIpc) is 3.16. The third kappa shape index (κ3) is 3.23. The van der Waals surface area contributed by atoms with Crippen LogP contribution in [0.5, 0.6) is 0 Å². The summed E-state index contributed by atoms with van der Waals surface area (Å²) >= 11 is 3.27. The van der Waals surface area contributed by atoms with Crippen molar-refractivity contribution in [1.29, 1.82) is 0 Å². The summed E-state index contributed by atoms with van der Waals surface area (Å²) in [5.41, 5.74) is 0.735. The Kier molecular flexibility index (Phi) is 3.69. The van der Waals surface area contributed by atoms with E-state index in [-0.39, 0.29) is 0 Å². The monoisotopic (exact) mass is 359 g/mol. The summed E-state index contributed by atoms with van der Waals surface area (Å²) in [6, 6.07) is 4.07. The average molecular weight is 360 g/mol. The Bertz CT molecular complexity index is 647. The molecule has 0 bridgehead atoms. The van der Waals surface area contributed by atoms with Gasteiger partial charge in [0.25, 0.3) is 0 Å². The number of aromatic nitrogens is 2. The number of nitrogens with zero attached hydrogens (tertiary/aromatic N) is 2. The second-order valence-corrected chi connectivity index (χ2v) is 5.92. The highest BCUT2D eigenvalue weighted by Gasteiger charge is 2.31. The van der Waals surface area contributed by atoms with Crippen LogP contribution in [0.25, 0.3) is 0 Å². The molecular weight excluding hydrogens is 347 g/mol. The molecule has 1 aromatic carbocycles. The number of rotatable bonds is 4. The lowest BCUT2D eigenvalue weighted by Gasteiger charge is -2.13. The Morgan fingerprint density at radius 3 is 2.76 bits per heavy atom. The lowest BCUT2D eigenvalue weighted by molar-refractivity contribution is -0.137. The molecule has 1 N–H and O–H groups in total. The van der Waals surface area contributed by atoms with Gasteiger partial charge in [-0.2, -0.15) is 13.2 Å². The zero-order valence-corrected chi connectivity index (χ0v) is 12.6. The molecule has 1 saturated carbocycles. The van der Waals surface area contributed by atoms with Crippen LogP contribution in [0.1, 0.15) is 30.1 Å². The number of alkyl halides is 3. The van der Waals surface area contributed by atoms with Crippen LogP contribution in [0.2, 0.25) is 0 Å². The normalized spacial score (nSPS) is 15.2. The summed E-state index contributed by atoms with van der Waals surface area (Å²) in [4.78, 5) is 4.11. The fraction of sp³-hybridized carbons (Fsp3) is 0.357. The molecule has 1 aliphatic carbocycles. The molecular formula is C14H13BrF3N3. The molecule has 0 radical (unpaired) electrons. The molecule has 0 saturated heterocycles. The van der Waals surface area contributed by atoms with E-state index in [9.17, 15) is 13.2 Å². The molecule has 3 rings (SSSR count). The predicted molar refractivity (Wildman–Crippen MR) is 77.0 cm³/mol. The van der Waals surface area contributed by atoms with Crippen LogP contribution in [0.3, 0.4) is 0 Å². The van der Waals surface area contributed by atoms with Gasteiger partial charge in [-0.15, -0.1) is 0 Å². The summed E-state index contributed by atoms with van der Waals surface area (Å²) in [6.45, 7) is 0.441. The summed E-state index contributed by atoms with van der Waals surface area (Å²) in [6.07, 6.45) is 1.45. The zero-order valence-electron chi connectivity index (χ0n) is 11.0. The van der Waals surface area contributed by atoms with Gasteiger partial charge in [-0.3, -0.25) is 0 Å². The van der Waals surface area contributed by atoms with Crippen molar-refractivity contribution in [2.75, 3.05) is 5.32 Å². The van der Waals surface area contributed by atoms with Gasteiger partial charge in [0, 0.05) is 22.4 Å². The lowest BCUT2D eigenvalue weighted by Crippen LogP contribution is -2.09. The fourth-order valence-corrected chi connectivity index (χ4v) is 2.56. The molecule has 7 heteroatoms. The maximum atomic E-state index is 12.7. The van der Waals surface area contributed by atoms with E-state index in [2.05, 4.69) is 30.8 Å². The van der Waals surface area contributed by atoms with Crippen molar-refractivity contribution in [3.8, 4) is 0 Å². The summed E-state index contributed by atoms with van der Waals surface area (Å²) in [5.74, 6) is 0. The van der Waals surface area contributed by atoms with Crippen LogP contribution in [-0.4, -0.2) is 9.55 Å². The first-order chi connectivity index (χ1) is 9.95. The third-order valence-electron chi connectivity index (χ3n) is 3.44. The van der Waals surface area contributed by atoms with Crippen LogP contribution in [0.15, 0.2) is 35.2 Å². The summed E-state index contributed by atoms with van der Waals surface area (Å²) in [5, 5.41) is 3.04. The molecule has 0 atom stereocenters. The largest absolute Gasteiger partial charge is 0.416 e. The third-order valence-corrected chi connectivity index (χ3v) is 4.13. The Balaban J connectivity index is 1.76. The molecule has 0 aliphatic heterocycles. The van der Waals surface area contributed by atoms with Gasteiger partial charge in [-0.1, -0.05) is 0 Å². The van der Waals surface area contributed by atoms with Crippen LogP contribution < -0.4 is 5.32 Å². The van der Waals surface area contributed by atoms with Gasteiger partial charge in [0.15, 0.2) is 0 Å². The number of anilines is 1. The Morgan fingerprint density at radius 1 is 1.33 bits per heavy atom. The second-order valence-electron chi connectivity index (χ2n) is 5.07. The summed E-state index contributed by atoms with van der Waals surface area (Å²) < 4.78 is 40.9. The van der Waals surface area contributed by atoms with Gasteiger partial charge in [0.05, 0.1) is 24.1 Å². The van der Waals surface area contributed by atoms with Crippen LogP contribution in [0.4, 0.5) is 18.9 Å². The Morgan fingerprint density at radius 2 is 2.10 bits per heavy atom. The number of imidazole rings is 1. The van der Waals surface area contributed by atoms with E-state index in [1.807, 2.05) is 0 Å². The highest BCUT2D eigenvalue weighted by Crippen LogP contribution is 2.36. The van der Waals surface area contributed by atoms with Gasteiger partial charge in [0.2, 0.25) is 0 Å². The highest BCUT2D eigenvalue weighted by atomic mass is 79.9. The first-order valence-electron chi connectivity index (χ1n) is 6.56. The molecule has 0 spiro atoms. The molecule has 1 fully saturated rings. The van der Waals surface area contributed by atoms with E-state index in [1.54, 1.807) is 12.5 Å². The Hall–Kier alpha value is -1.50. The van der Waals surface area contributed by atoms with E-state index in [0.29, 0.717) is 22.7 Å². The van der Waals surface area contributed by atoms with Crippen molar-refractivity contribution < 1.29 is 13.2 Å². The standard InChI is InChI=1S/C14H13BrF3N3/c15-12-4-1-9(14(16,17)18)5-13(12)20-7-11-6-19-8-21(11)10-2-3-10/h1,4-6,8,10,20H,2-3,7H2. The van der Waals surface area contributed by atoms with Crippen molar-refractivity contribution in [3.05, 3.63) is 46.5 Å². The number of hydrogen-bond acceptors (Lipinski definition) is 2. The van der Waals surface area contributed by atoms with Crippen molar-refractivity contribution >= 4 is 21.6 Å². The smallest absolute Gasteiger partial charge is 0.378 e. The van der Waals surface area contributed by atoms with Gasteiger partial charge in [-0.25, -0.2) is 4.98 Å². The number of benzene rings is 1. The summed E-state index contributed by atoms with van der Waals surface area (Å²) in [7, 11) is 0. The van der Waals surface area contributed by atoms with Crippen molar-refractivity contribution in [2.24, 2.45) is 0 Å². The van der Waals surface area contributed by atoms with Gasteiger partial charge >= 0.3 is 6.18 Å². The SMILES string of the molecule is FC(F)(F)c1ccc(Br)c(NCc2cncn2C2CC2)c1. The first kappa shape index (κ1) is 14.4. The van der Waals surface area contributed by atoms with Crippen molar-refractivity contribution in [2.45, 2.75) is 31.6 Å². The van der Waals surface area contributed by atoms with Crippen LogP contribution in [-0.2, 0) is 12.7 Å². The van der Waals surface area contributed by atoms with Gasteiger partial charge in [0.1, 0.15) is 0 Å². The van der Waals surface area contributed by atoms with E-state index < -0.39 is 11.7 Å². The molecule has 1 aromatic heterocycles. The quantitative estimate of drug-likeness (QED) is 0.863. The molecule has 112 valence electrons. The van der Waals surface area contributed by atoms with Gasteiger partial charge < -0.3 is 9.88 Å². The van der Waals surface area contributed by atoms with Gasteiger partial charge in [-0.05, 0) is 47.0 Å². The molecule has 1 aliphatic rings. The minimum atomic E-state index is -4.34. The van der Waals surface area contributed by atoms with Crippen LogP contribution >= 0.6 is 15.9 Å². The Labute approximate surface area is 128 Å². The minimum absolute atomic E-state index is 0.424. The van der Waals surface area contributed by atoms with E-state index in [4.69, 9.17) is 0 Å². The highest BCUT2D eigenvalue weighted by molar-refractivity contribution is 9.10. The number of hydrogen-bond donors (Lipinski definition) is 1. The van der Waals surface area contributed by atoms with E-state index in [0.717, 1.165) is 30.7 Å². The minimum Gasteiger partial charge on any atom is -0.378 e. The lowest BCUT2D eigenvalue weighted by atomic mass is 10.2.